The average Bonchev–Trinajstić information content (AvgIpc) is 2.62. The first-order valence-corrected chi connectivity index (χ1v) is 7.66. The van der Waals surface area contributed by atoms with Gasteiger partial charge >= 0.3 is 6.18 Å². The molecular formula is C16H16F3N5O. The van der Waals surface area contributed by atoms with Gasteiger partial charge in [0.05, 0.1) is 5.56 Å². The van der Waals surface area contributed by atoms with Crippen LogP contribution in [0.4, 0.5) is 30.5 Å². The Morgan fingerprint density at radius 3 is 2.32 bits per heavy atom. The van der Waals surface area contributed by atoms with Crippen LogP contribution in [0.3, 0.4) is 0 Å². The van der Waals surface area contributed by atoms with Crippen molar-refractivity contribution in [2.24, 2.45) is 0 Å². The van der Waals surface area contributed by atoms with Crippen molar-refractivity contribution in [3.63, 3.8) is 0 Å². The third-order valence-corrected chi connectivity index (χ3v) is 3.92. The molecule has 0 radical (unpaired) electrons. The molecule has 1 aliphatic heterocycles. The van der Waals surface area contributed by atoms with E-state index in [1.807, 2.05) is 4.90 Å². The van der Waals surface area contributed by atoms with Crippen molar-refractivity contribution in [3.8, 4) is 0 Å². The van der Waals surface area contributed by atoms with Gasteiger partial charge in [0.1, 0.15) is 18.0 Å². The number of amides is 1. The first kappa shape index (κ1) is 17.0. The van der Waals surface area contributed by atoms with Gasteiger partial charge in [-0.3, -0.25) is 4.79 Å². The third kappa shape index (κ3) is 4.17. The number of rotatable bonds is 4. The lowest BCUT2D eigenvalue weighted by atomic mass is 10.2. The fourth-order valence-corrected chi connectivity index (χ4v) is 2.54. The molecule has 1 saturated heterocycles. The molecule has 6 nitrogen and oxygen atoms in total. The molecular weight excluding hydrogens is 335 g/mol. The highest BCUT2D eigenvalue weighted by Gasteiger charge is 2.29. The van der Waals surface area contributed by atoms with Gasteiger partial charge in [-0.25, -0.2) is 9.97 Å². The van der Waals surface area contributed by atoms with E-state index in [0.29, 0.717) is 43.5 Å². The number of anilines is 3. The van der Waals surface area contributed by atoms with Gasteiger partial charge in [-0.05, 0) is 24.3 Å². The van der Waals surface area contributed by atoms with Gasteiger partial charge in [-0.2, -0.15) is 13.2 Å². The molecule has 1 aromatic heterocycles. The van der Waals surface area contributed by atoms with Crippen molar-refractivity contribution < 1.29 is 18.0 Å². The molecule has 0 aliphatic carbocycles. The van der Waals surface area contributed by atoms with E-state index in [2.05, 4.69) is 15.3 Å². The van der Waals surface area contributed by atoms with E-state index in [4.69, 9.17) is 0 Å². The second-order valence-electron chi connectivity index (χ2n) is 5.59. The molecule has 0 bridgehead atoms. The number of aromatic nitrogens is 2. The molecule has 9 heteroatoms. The lowest BCUT2D eigenvalue weighted by Gasteiger charge is -2.33. The van der Waals surface area contributed by atoms with Crippen molar-refractivity contribution in [1.82, 2.24) is 14.9 Å². The highest BCUT2D eigenvalue weighted by molar-refractivity contribution is 5.60. The highest BCUT2D eigenvalue weighted by atomic mass is 19.4. The van der Waals surface area contributed by atoms with Gasteiger partial charge in [0.25, 0.3) is 0 Å². The van der Waals surface area contributed by atoms with E-state index < -0.39 is 11.7 Å². The minimum Gasteiger partial charge on any atom is -0.353 e. The van der Waals surface area contributed by atoms with Crippen molar-refractivity contribution in [2.45, 2.75) is 6.18 Å². The minimum atomic E-state index is -4.36. The molecule has 1 aliphatic rings. The summed E-state index contributed by atoms with van der Waals surface area (Å²) < 4.78 is 37.8. The van der Waals surface area contributed by atoms with Crippen LogP contribution in [-0.2, 0) is 11.0 Å². The maximum Gasteiger partial charge on any atom is 0.416 e. The lowest BCUT2D eigenvalue weighted by molar-refractivity contribution is -0.137. The Hall–Kier alpha value is -2.84. The van der Waals surface area contributed by atoms with Crippen molar-refractivity contribution in [2.75, 3.05) is 36.4 Å². The number of piperazine rings is 1. The van der Waals surface area contributed by atoms with Crippen LogP contribution in [0.25, 0.3) is 0 Å². The number of carbonyl (C=O) groups excluding carboxylic acids is 1. The quantitative estimate of drug-likeness (QED) is 0.858. The SMILES string of the molecule is O=CN1CCN(c2cc(Nc3ccc(C(F)(F)F)cc3)ncn2)CC1. The molecule has 132 valence electrons. The van der Waals surface area contributed by atoms with Crippen molar-refractivity contribution in [1.29, 1.82) is 0 Å². The largest absolute Gasteiger partial charge is 0.416 e. The summed E-state index contributed by atoms with van der Waals surface area (Å²) in [5.41, 5.74) is -0.196. The normalized spacial score (nSPS) is 15.2. The summed E-state index contributed by atoms with van der Waals surface area (Å²) in [4.78, 5) is 22.8. The van der Waals surface area contributed by atoms with Crippen LogP contribution in [-0.4, -0.2) is 47.5 Å². The number of halogens is 3. The van der Waals surface area contributed by atoms with Gasteiger partial charge in [0.2, 0.25) is 6.41 Å². The Morgan fingerprint density at radius 2 is 1.72 bits per heavy atom. The number of benzene rings is 1. The molecule has 1 N–H and O–H groups in total. The monoisotopic (exact) mass is 351 g/mol. The van der Waals surface area contributed by atoms with Crippen LogP contribution in [0, 0.1) is 0 Å². The van der Waals surface area contributed by atoms with E-state index >= 15 is 0 Å². The summed E-state index contributed by atoms with van der Waals surface area (Å²) >= 11 is 0. The van der Waals surface area contributed by atoms with Gasteiger partial charge < -0.3 is 15.1 Å². The molecule has 2 heterocycles. The maximum absolute atomic E-state index is 12.6. The van der Waals surface area contributed by atoms with E-state index in [1.54, 1.807) is 11.0 Å². The molecule has 0 spiro atoms. The minimum absolute atomic E-state index is 0.488. The summed E-state index contributed by atoms with van der Waals surface area (Å²) in [6.07, 6.45) is -2.13. The van der Waals surface area contributed by atoms with Crippen LogP contribution in [0.2, 0.25) is 0 Å². The molecule has 3 rings (SSSR count). The van der Waals surface area contributed by atoms with Crippen molar-refractivity contribution >= 4 is 23.7 Å². The standard InChI is InChI=1S/C16H16F3N5O/c17-16(18,19)12-1-3-13(4-2-12)22-14-9-15(21-10-20-14)24-7-5-23(11-25)6-8-24/h1-4,9-11H,5-8H2,(H,20,21,22). The predicted molar refractivity (Wildman–Crippen MR) is 86.6 cm³/mol. The van der Waals surface area contributed by atoms with E-state index in [1.165, 1.54) is 18.5 Å². The van der Waals surface area contributed by atoms with Crippen LogP contribution >= 0.6 is 0 Å². The Labute approximate surface area is 142 Å². The molecule has 0 atom stereocenters. The average molecular weight is 351 g/mol. The zero-order valence-electron chi connectivity index (χ0n) is 13.2. The molecule has 1 fully saturated rings. The molecule has 2 aromatic rings. The Kier molecular flexibility index (Phi) is 4.73. The van der Waals surface area contributed by atoms with E-state index in [9.17, 15) is 18.0 Å². The molecule has 0 saturated carbocycles. The molecule has 25 heavy (non-hydrogen) atoms. The summed E-state index contributed by atoms with van der Waals surface area (Å²) in [7, 11) is 0. The van der Waals surface area contributed by atoms with Gasteiger partial charge in [0, 0.05) is 37.9 Å². The second kappa shape index (κ2) is 6.96. The van der Waals surface area contributed by atoms with Crippen LogP contribution in [0.1, 0.15) is 5.56 Å². The summed E-state index contributed by atoms with van der Waals surface area (Å²) in [5.74, 6) is 1.19. The lowest BCUT2D eigenvalue weighted by Crippen LogP contribution is -2.46. The van der Waals surface area contributed by atoms with Gasteiger partial charge in [0.15, 0.2) is 0 Å². The predicted octanol–water partition coefficient (Wildman–Crippen LogP) is 2.52. The molecule has 1 aromatic carbocycles. The third-order valence-electron chi connectivity index (χ3n) is 3.92. The Morgan fingerprint density at radius 1 is 1.04 bits per heavy atom. The summed E-state index contributed by atoms with van der Waals surface area (Å²) in [6.45, 7) is 2.56. The van der Waals surface area contributed by atoms with E-state index in [-0.39, 0.29) is 0 Å². The maximum atomic E-state index is 12.6. The molecule has 1 amide bonds. The van der Waals surface area contributed by atoms with Crippen LogP contribution in [0.5, 0.6) is 0 Å². The summed E-state index contributed by atoms with van der Waals surface area (Å²) in [5, 5.41) is 2.97. The first-order chi connectivity index (χ1) is 12.0. The topological polar surface area (TPSA) is 61.4 Å². The fraction of sp³-hybridized carbons (Fsp3) is 0.312. The van der Waals surface area contributed by atoms with E-state index in [0.717, 1.165) is 18.5 Å². The second-order valence-corrected chi connectivity index (χ2v) is 5.59. The fourth-order valence-electron chi connectivity index (χ4n) is 2.54. The number of hydrogen-bond acceptors (Lipinski definition) is 5. The number of nitrogens with zero attached hydrogens (tertiary/aromatic N) is 4. The van der Waals surface area contributed by atoms with Gasteiger partial charge in [-0.15, -0.1) is 0 Å². The number of hydrogen-bond donors (Lipinski definition) is 1. The van der Waals surface area contributed by atoms with Gasteiger partial charge in [-0.1, -0.05) is 0 Å². The highest BCUT2D eigenvalue weighted by Crippen LogP contribution is 2.30. The first-order valence-electron chi connectivity index (χ1n) is 7.66. The molecule has 0 unspecified atom stereocenters. The van der Waals surface area contributed by atoms with Crippen molar-refractivity contribution in [3.05, 3.63) is 42.2 Å². The Balaban J connectivity index is 1.69. The Bertz CT molecular complexity index is 727. The number of alkyl halides is 3. The zero-order chi connectivity index (χ0) is 17.9. The van der Waals surface area contributed by atoms with Crippen LogP contribution < -0.4 is 10.2 Å². The number of carbonyl (C=O) groups is 1. The smallest absolute Gasteiger partial charge is 0.353 e. The number of nitrogens with one attached hydrogen (secondary N) is 1. The van der Waals surface area contributed by atoms with Crippen LogP contribution in [0.15, 0.2) is 36.7 Å². The zero-order valence-corrected chi connectivity index (χ0v) is 13.2. The summed E-state index contributed by atoms with van der Waals surface area (Å²) in [6, 6.07) is 6.47.